The maximum absolute atomic E-state index is 4.72. The van der Waals surface area contributed by atoms with Gasteiger partial charge in [-0.3, -0.25) is 0 Å². The van der Waals surface area contributed by atoms with Crippen LogP contribution in [-0.4, -0.2) is 9.55 Å². The van der Waals surface area contributed by atoms with Crippen LogP contribution in [0.4, 0.5) is 0 Å². The van der Waals surface area contributed by atoms with Crippen LogP contribution in [0.1, 0.15) is 22.3 Å². The summed E-state index contributed by atoms with van der Waals surface area (Å²) in [5, 5.41) is 5.09. The quantitative estimate of drug-likeness (QED) is 0.187. The highest BCUT2D eigenvalue weighted by molar-refractivity contribution is 7.26. The highest BCUT2D eigenvalue weighted by atomic mass is 32.1. The predicted molar refractivity (Wildman–Crippen MR) is 188 cm³/mol. The van der Waals surface area contributed by atoms with E-state index < -0.39 is 0 Å². The molecule has 0 saturated heterocycles. The molecule has 6 aromatic carbocycles. The Hall–Kier alpha value is -5.51. The molecule has 11 rings (SSSR count). The molecule has 2 aliphatic rings. The molecule has 9 aromatic rings. The van der Waals surface area contributed by atoms with Crippen molar-refractivity contribution in [2.24, 2.45) is 0 Å². The van der Waals surface area contributed by atoms with Crippen molar-refractivity contribution in [2.45, 2.75) is 5.41 Å². The minimum absolute atomic E-state index is 0.363. The number of rotatable bonds is 1. The third-order valence-corrected chi connectivity index (χ3v) is 11.4. The van der Waals surface area contributed by atoms with E-state index in [1.807, 2.05) is 12.3 Å². The van der Waals surface area contributed by atoms with E-state index in [4.69, 9.17) is 4.98 Å². The van der Waals surface area contributed by atoms with Crippen molar-refractivity contribution in [2.75, 3.05) is 0 Å². The van der Waals surface area contributed by atoms with Crippen molar-refractivity contribution in [1.29, 1.82) is 0 Å². The molecule has 208 valence electrons. The molecule has 0 N–H and O–H groups in total. The molecule has 0 fully saturated rings. The zero-order valence-corrected chi connectivity index (χ0v) is 25.0. The second-order valence-corrected chi connectivity index (χ2v) is 13.3. The van der Waals surface area contributed by atoms with E-state index in [1.54, 1.807) is 11.3 Å². The Bertz CT molecular complexity index is 2660. The monoisotopic (exact) mass is 588 g/mol. The first-order chi connectivity index (χ1) is 22.3. The summed E-state index contributed by atoms with van der Waals surface area (Å²) in [6.45, 7) is 0. The van der Waals surface area contributed by atoms with Gasteiger partial charge in [0.1, 0.15) is 4.83 Å². The molecule has 2 nitrogen and oxygen atoms in total. The Balaban J connectivity index is 1.27. The van der Waals surface area contributed by atoms with Crippen molar-refractivity contribution < 1.29 is 0 Å². The number of aromatic nitrogens is 2. The van der Waals surface area contributed by atoms with E-state index in [0.717, 1.165) is 4.83 Å². The first-order valence-corrected chi connectivity index (χ1v) is 16.3. The molecular weight excluding hydrogens is 565 g/mol. The molecule has 0 aliphatic heterocycles. The lowest BCUT2D eigenvalue weighted by molar-refractivity contribution is 0.792. The average Bonchev–Trinajstić information content (AvgIpc) is 3.81. The second kappa shape index (κ2) is 8.35. The fourth-order valence-electron chi connectivity index (χ4n) is 8.62. The molecule has 45 heavy (non-hydrogen) atoms. The number of hydrogen-bond donors (Lipinski definition) is 0. The minimum atomic E-state index is -0.363. The third-order valence-electron chi connectivity index (χ3n) is 10.3. The average molecular weight is 589 g/mol. The summed E-state index contributed by atoms with van der Waals surface area (Å²) in [6, 6.07) is 52.0. The number of hydrogen-bond acceptors (Lipinski definition) is 2. The van der Waals surface area contributed by atoms with Crippen LogP contribution in [0.5, 0.6) is 0 Å². The molecule has 3 heterocycles. The van der Waals surface area contributed by atoms with Gasteiger partial charge in [0.15, 0.2) is 0 Å². The Labute approximate surface area is 263 Å². The van der Waals surface area contributed by atoms with Crippen molar-refractivity contribution in [3.05, 3.63) is 168 Å². The second-order valence-electron chi connectivity index (χ2n) is 12.3. The van der Waals surface area contributed by atoms with Crippen LogP contribution < -0.4 is 0 Å². The standard InChI is InChI=1S/C42H24N2S/c1-5-15-33-26(10-1)27-11-2-6-16-34(27)42(33)35-17-7-3-12-28(35)29-20-19-25(24-36(29)42)44-37-18-8-4-13-32(37)39-38(44)22-21-30-31-14-9-23-43-41(31)45-40(30)39/h1-24H. The molecule has 0 atom stereocenters. The third kappa shape index (κ3) is 2.79. The fourth-order valence-corrected chi connectivity index (χ4v) is 9.82. The zero-order chi connectivity index (χ0) is 29.3. The van der Waals surface area contributed by atoms with E-state index >= 15 is 0 Å². The summed E-state index contributed by atoms with van der Waals surface area (Å²) in [5.74, 6) is 0. The lowest BCUT2D eigenvalue weighted by Crippen LogP contribution is -2.26. The van der Waals surface area contributed by atoms with Crippen LogP contribution in [-0.2, 0) is 5.41 Å². The van der Waals surface area contributed by atoms with Crippen LogP contribution in [0.2, 0.25) is 0 Å². The smallest absolute Gasteiger partial charge is 0.124 e. The molecule has 3 aromatic heterocycles. The van der Waals surface area contributed by atoms with Gasteiger partial charge in [0, 0.05) is 38.1 Å². The van der Waals surface area contributed by atoms with Gasteiger partial charge < -0.3 is 4.57 Å². The molecular formula is C42H24N2S. The van der Waals surface area contributed by atoms with Gasteiger partial charge in [-0.15, -0.1) is 11.3 Å². The highest BCUT2D eigenvalue weighted by Gasteiger charge is 2.51. The number of thiophene rings is 1. The maximum atomic E-state index is 4.72. The van der Waals surface area contributed by atoms with E-state index in [-0.39, 0.29) is 5.41 Å². The van der Waals surface area contributed by atoms with Crippen LogP contribution >= 0.6 is 11.3 Å². The Kier molecular flexibility index (Phi) is 4.43. The van der Waals surface area contributed by atoms with Crippen molar-refractivity contribution >= 4 is 53.4 Å². The Morgan fingerprint density at radius 3 is 1.84 bits per heavy atom. The number of benzene rings is 6. The van der Waals surface area contributed by atoms with E-state index in [1.165, 1.54) is 87.5 Å². The molecule has 3 heteroatoms. The van der Waals surface area contributed by atoms with Crippen LogP contribution in [0.25, 0.3) is 70.0 Å². The molecule has 0 unspecified atom stereocenters. The predicted octanol–water partition coefficient (Wildman–Crippen LogP) is 10.9. The van der Waals surface area contributed by atoms with Crippen molar-refractivity contribution in [3.63, 3.8) is 0 Å². The molecule has 0 radical (unpaired) electrons. The summed E-state index contributed by atoms with van der Waals surface area (Å²) in [5.41, 5.74) is 14.1. The largest absolute Gasteiger partial charge is 0.309 e. The lowest BCUT2D eigenvalue weighted by Gasteiger charge is -2.30. The first kappa shape index (κ1) is 23.9. The van der Waals surface area contributed by atoms with Crippen molar-refractivity contribution in [1.82, 2.24) is 9.55 Å². The van der Waals surface area contributed by atoms with Crippen LogP contribution in [0.3, 0.4) is 0 Å². The lowest BCUT2D eigenvalue weighted by atomic mass is 9.70. The summed E-state index contributed by atoms with van der Waals surface area (Å²) in [4.78, 5) is 5.81. The number of fused-ring (bicyclic) bond motifs is 17. The topological polar surface area (TPSA) is 17.8 Å². The maximum Gasteiger partial charge on any atom is 0.124 e. The minimum Gasteiger partial charge on any atom is -0.309 e. The van der Waals surface area contributed by atoms with Crippen LogP contribution in [0.15, 0.2) is 146 Å². The summed E-state index contributed by atoms with van der Waals surface area (Å²) in [6.07, 6.45) is 1.90. The number of nitrogens with zero attached hydrogens (tertiary/aromatic N) is 2. The Morgan fingerprint density at radius 2 is 1.11 bits per heavy atom. The van der Waals surface area contributed by atoms with Gasteiger partial charge >= 0.3 is 0 Å². The summed E-state index contributed by atoms with van der Waals surface area (Å²) in [7, 11) is 0. The summed E-state index contributed by atoms with van der Waals surface area (Å²) >= 11 is 1.80. The SMILES string of the molecule is c1ccc2c(c1)-c1ccccc1C21c2ccccc2-c2ccc(-n3c4ccccc4c4c5sc6ncccc6c5ccc43)cc21. The van der Waals surface area contributed by atoms with Gasteiger partial charge in [0.05, 0.1) is 16.4 Å². The van der Waals surface area contributed by atoms with Gasteiger partial charge in [0.25, 0.3) is 0 Å². The molecule has 1 spiro atoms. The Morgan fingerprint density at radius 1 is 0.489 bits per heavy atom. The normalized spacial score (nSPS) is 14.0. The highest BCUT2D eigenvalue weighted by Crippen LogP contribution is 2.63. The van der Waals surface area contributed by atoms with Gasteiger partial charge in [-0.2, -0.15) is 0 Å². The molecule has 0 bridgehead atoms. The summed E-state index contributed by atoms with van der Waals surface area (Å²) < 4.78 is 3.78. The van der Waals surface area contributed by atoms with Gasteiger partial charge in [-0.25, -0.2) is 4.98 Å². The van der Waals surface area contributed by atoms with Gasteiger partial charge in [0.2, 0.25) is 0 Å². The molecule has 0 amide bonds. The van der Waals surface area contributed by atoms with Gasteiger partial charge in [-0.05, 0) is 80.9 Å². The number of para-hydroxylation sites is 1. The van der Waals surface area contributed by atoms with E-state index in [9.17, 15) is 0 Å². The molecule has 0 saturated carbocycles. The molecule has 2 aliphatic carbocycles. The van der Waals surface area contributed by atoms with Crippen LogP contribution in [0, 0.1) is 0 Å². The first-order valence-electron chi connectivity index (χ1n) is 15.5. The van der Waals surface area contributed by atoms with Gasteiger partial charge in [-0.1, -0.05) is 103 Å². The zero-order valence-electron chi connectivity index (χ0n) is 24.2. The van der Waals surface area contributed by atoms with E-state index in [2.05, 4.69) is 138 Å². The number of pyridine rings is 1. The van der Waals surface area contributed by atoms with E-state index in [0.29, 0.717) is 0 Å². The van der Waals surface area contributed by atoms with Crippen molar-refractivity contribution in [3.8, 4) is 27.9 Å². The fraction of sp³-hybridized carbons (Fsp3) is 0.0238.